The summed E-state index contributed by atoms with van der Waals surface area (Å²) in [6.45, 7) is 3.98. The fraction of sp³-hybridized carbons (Fsp3) is 0.136. The zero-order valence-corrected chi connectivity index (χ0v) is 15.9. The molecule has 138 valence electrons. The number of rotatable bonds is 4. The molecule has 0 fully saturated rings. The number of halogens is 2. The van der Waals surface area contributed by atoms with Gasteiger partial charge in [-0.15, -0.1) is 0 Å². The van der Waals surface area contributed by atoms with Crippen LogP contribution in [0.25, 0.3) is 0 Å². The smallest absolute Gasteiger partial charge is 0.160 e. The molecule has 0 radical (unpaired) electrons. The van der Waals surface area contributed by atoms with Crippen molar-refractivity contribution in [2.24, 2.45) is 10.7 Å². The van der Waals surface area contributed by atoms with E-state index in [0.29, 0.717) is 5.17 Å². The van der Waals surface area contributed by atoms with Crippen LogP contribution in [0.1, 0.15) is 27.5 Å². The number of thioether (sulfide) groups is 1. The Bertz CT molecular complexity index is 906. The summed E-state index contributed by atoms with van der Waals surface area (Å²) in [6, 6.07) is 18.5. The predicted octanol–water partition coefficient (Wildman–Crippen LogP) is 6.05. The molecule has 0 aliphatic rings. The van der Waals surface area contributed by atoms with Crippen molar-refractivity contribution in [1.29, 1.82) is 0 Å². The molecule has 3 aromatic rings. The molecule has 3 rings (SSSR count). The second-order valence-electron chi connectivity index (χ2n) is 6.34. The van der Waals surface area contributed by atoms with E-state index in [1.807, 2.05) is 32.0 Å². The van der Waals surface area contributed by atoms with Gasteiger partial charge < -0.3 is 5.73 Å². The summed E-state index contributed by atoms with van der Waals surface area (Å²) in [5, 5.41) is 0.169. The third-order valence-electron chi connectivity index (χ3n) is 4.18. The Balaban J connectivity index is 1.95. The number of benzene rings is 3. The summed E-state index contributed by atoms with van der Waals surface area (Å²) in [7, 11) is 0. The summed E-state index contributed by atoms with van der Waals surface area (Å²) < 4.78 is 26.7. The number of aryl methyl sites for hydroxylation is 2. The molecule has 0 aliphatic heterocycles. The maximum absolute atomic E-state index is 13.3. The van der Waals surface area contributed by atoms with Gasteiger partial charge in [-0.05, 0) is 66.4 Å². The van der Waals surface area contributed by atoms with Crippen molar-refractivity contribution in [3.8, 4) is 0 Å². The summed E-state index contributed by atoms with van der Waals surface area (Å²) in [6.07, 6.45) is 0. The first-order chi connectivity index (χ1) is 12.9. The molecule has 2 nitrogen and oxygen atoms in total. The second kappa shape index (κ2) is 8.35. The number of hydrogen-bond acceptors (Lipinski definition) is 2. The Morgan fingerprint density at radius 3 is 1.89 bits per heavy atom. The van der Waals surface area contributed by atoms with Crippen molar-refractivity contribution in [3.05, 3.63) is 101 Å². The Labute approximate surface area is 162 Å². The summed E-state index contributed by atoms with van der Waals surface area (Å²) >= 11 is 1.35. The van der Waals surface area contributed by atoms with Crippen LogP contribution in [0.15, 0.2) is 71.7 Å². The number of aliphatic imine (C=N–C) groups is 1. The van der Waals surface area contributed by atoms with E-state index >= 15 is 0 Å². The van der Waals surface area contributed by atoms with Crippen molar-refractivity contribution >= 4 is 22.6 Å². The van der Waals surface area contributed by atoms with Gasteiger partial charge in [-0.25, -0.2) is 13.8 Å². The second-order valence-corrected chi connectivity index (χ2v) is 7.47. The summed E-state index contributed by atoms with van der Waals surface area (Å²) in [5.41, 5.74) is 10.9. The van der Waals surface area contributed by atoms with E-state index in [1.54, 1.807) is 24.3 Å². The van der Waals surface area contributed by atoms with Gasteiger partial charge in [-0.1, -0.05) is 48.2 Å². The van der Waals surface area contributed by atoms with Gasteiger partial charge in [0, 0.05) is 0 Å². The van der Waals surface area contributed by atoms with Crippen molar-refractivity contribution in [1.82, 2.24) is 0 Å². The van der Waals surface area contributed by atoms with Crippen molar-refractivity contribution in [2.45, 2.75) is 19.1 Å². The van der Waals surface area contributed by atoms with Gasteiger partial charge in [0.1, 0.15) is 11.6 Å². The minimum atomic E-state index is -0.307. The fourth-order valence-electron chi connectivity index (χ4n) is 2.71. The molecule has 0 spiro atoms. The highest BCUT2D eigenvalue weighted by atomic mass is 32.2. The lowest BCUT2D eigenvalue weighted by atomic mass is 10.0. The van der Waals surface area contributed by atoms with Crippen LogP contribution < -0.4 is 5.73 Å². The normalized spacial score (nSPS) is 11.8. The number of nitrogens with two attached hydrogens (primary N) is 1. The van der Waals surface area contributed by atoms with Crippen LogP contribution in [-0.4, -0.2) is 5.17 Å². The van der Waals surface area contributed by atoms with Crippen molar-refractivity contribution in [3.63, 3.8) is 0 Å². The minimum Gasteiger partial charge on any atom is -0.378 e. The highest BCUT2D eigenvalue weighted by Crippen LogP contribution is 2.36. The van der Waals surface area contributed by atoms with Crippen LogP contribution in [-0.2, 0) is 0 Å². The van der Waals surface area contributed by atoms with Gasteiger partial charge in [-0.3, -0.25) is 0 Å². The molecule has 0 aromatic heterocycles. The van der Waals surface area contributed by atoms with Gasteiger partial charge in [0.2, 0.25) is 0 Å². The molecular weight excluding hydrogens is 362 g/mol. The zero-order chi connectivity index (χ0) is 19.4. The molecule has 0 heterocycles. The van der Waals surface area contributed by atoms with E-state index in [0.717, 1.165) is 27.9 Å². The van der Waals surface area contributed by atoms with Gasteiger partial charge in [0.05, 0.1) is 10.9 Å². The lowest BCUT2D eigenvalue weighted by Gasteiger charge is -2.17. The summed E-state index contributed by atoms with van der Waals surface area (Å²) in [5.74, 6) is -0.614. The standard InChI is InChI=1S/C22H20F2N2S/c1-14-3-4-15(2)20(13-14)26-22(25)27-21(16-5-9-18(23)10-6-16)17-7-11-19(24)12-8-17/h3-13,21H,1-2H3,(H2,25,26). The Morgan fingerprint density at radius 1 is 0.852 bits per heavy atom. The van der Waals surface area contributed by atoms with Crippen LogP contribution in [0, 0.1) is 25.5 Å². The van der Waals surface area contributed by atoms with Crippen LogP contribution >= 0.6 is 11.8 Å². The SMILES string of the molecule is Cc1ccc(C)c(N=C(N)SC(c2ccc(F)cc2)c2ccc(F)cc2)c1. The summed E-state index contributed by atoms with van der Waals surface area (Å²) in [4.78, 5) is 4.55. The van der Waals surface area contributed by atoms with E-state index in [2.05, 4.69) is 4.99 Å². The molecule has 0 saturated heterocycles. The van der Waals surface area contributed by atoms with E-state index in [1.165, 1.54) is 36.0 Å². The molecule has 0 amide bonds. The average molecular weight is 382 g/mol. The third kappa shape index (κ3) is 4.95. The lowest BCUT2D eigenvalue weighted by Crippen LogP contribution is -2.10. The zero-order valence-electron chi connectivity index (χ0n) is 15.1. The van der Waals surface area contributed by atoms with E-state index in [9.17, 15) is 8.78 Å². The van der Waals surface area contributed by atoms with E-state index < -0.39 is 0 Å². The minimum absolute atomic E-state index is 0.222. The number of hydrogen-bond donors (Lipinski definition) is 1. The first-order valence-corrected chi connectivity index (χ1v) is 9.39. The van der Waals surface area contributed by atoms with Crippen molar-refractivity contribution < 1.29 is 8.78 Å². The molecule has 0 bridgehead atoms. The molecule has 0 atom stereocenters. The lowest BCUT2D eigenvalue weighted by molar-refractivity contribution is 0.626. The predicted molar refractivity (Wildman–Crippen MR) is 109 cm³/mol. The number of nitrogens with zero attached hydrogens (tertiary/aromatic N) is 1. The van der Waals surface area contributed by atoms with E-state index in [4.69, 9.17) is 5.73 Å². The average Bonchev–Trinajstić information content (AvgIpc) is 2.64. The largest absolute Gasteiger partial charge is 0.378 e. The Morgan fingerprint density at radius 2 is 1.37 bits per heavy atom. The molecule has 0 saturated carbocycles. The van der Waals surface area contributed by atoms with Crippen LogP contribution in [0.5, 0.6) is 0 Å². The highest BCUT2D eigenvalue weighted by Gasteiger charge is 2.17. The highest BCUT2D eigenvalue weighted by molar-refractivity contribution is 8.14. The van der Waals surface area contributed by atoms with Gasteiger partial charge in [0.15, 0.2) is 5.17 Å². The molecular formula is C22H20F2N2S. The quantitative estimate of drug-likeness (QED) is 0.440. The molecule has 0 unspecified atom stereocenters. The van der Waals surface area contributed by atoms with E-state index in [-0.39, 0.29) is 16.9 Å². The number of amidine groups is 1. The molecule has 2 N–H and O–H groups in total. The van der Waals surface area contributed by atoms with Gasteiger partial charge >= 0.3 is 0 Å². The van der Waals surface area contributed by atoms with Crippen LogP contribution in [0.4, 0.5) is 14.5 Å². The first kappa shape index (κ1) is 19.1. The Hall–Kier alpha value is -2.66. The van der Waals surface area contributed by atoms with Gasteiger partial charge in [0.25, 0.3) is 0 Å². The molecule has 27 heavy (non-hydrogen) atoms. The monoisotopic (exact) mass is 382 g/mol. The van der Waals surface area contributed by atoms with Crippen molar-refractivity contribution in [2.75, 3.05) is 0 Å². The molecule has 3 aromatic carbocycles. The first-order valence-electron chi connectivity index (χ1n) is 8.51. The molecule has 5 heteroatoms. The van der Waals surface area contributed by atoms with Crippen LogP contribution in [0.3, 0.4) is 0 Å². The Kier molecular flexibility index (Phi) is 5.91. The van der Waals surface area contributed by atoms with Gasteiger partial charge in [-0.2, -0.15) is 0 Å². The fourth-order valence-corrected chi connectivity index (χ4v) is 3.69. The molecule has 0 aliphatic carbocycles. The van der Waals surface area contributed by atoms with Crippen LogP contribution in [0.2, 0.25) is 0 Å². The third-order valence-corrected chi connectivity index (χ3v) is 5.29. The maximum atomic E-state index is 13.3. The topological polar surface area (TPSA) is 38.4 Å². The maximum Gasteiger partial charge on any atom is 0.160 e.